The first-order valence-electron chi connectivity index (χ1n) is 6.07. The normalized spacial score (nSPS) is 12.4. The Labute approximate surface area is 112 Å². The summed E-state index contributed by atoms with van der Waals surface area (Å²) in [6, 6.07) is 0.216. The number of thioether (sulfide) groups is 1. The van der Waals surface area contributed by atoms with E-state index in [1.165, 1.54) is 0 Å². The molecule has 0 spiro atoms. The zero-order chi connectivity index (χ0) is 13.5. The topological polar surface area (TPSA) is 70.1 Å². The number of hydrogen-bond donors (Lipinski definition) is 1. The van der Waals surface area contributed by atoms with E-state index in [-0.39, 0.29) is 12.0 Å². The second kappa shape index (κ2) is 7.43. The minimum atomic E-state index is -0.298. The molecule has 1 atom stereocenters. The van der Waals surface area contributed by atoms with Crippen molar-refractivity contribution in [1.29, 1.82) is 0 Å². The fourth-order valence-corrected chi connectivity index (χ4v) is 2.67. The fraction of sp³-hybridized carbons (Fsp3) is 0.667. The van der Waals surface area contributed by atoms with Crippen LogP contribution in [-0.2, 0) is 17.5 Å². The van der Waals surface area contributed by atoms with Crippen molar-refractivity contribution in [3.05, 3.63) is 17.5 Å². The highest BCUT2D eigenvalue weighted by Gasteiger charge is 2.16. The first-order chi connectivity index (χ1) is 8.56. The van der Waals surface area contributed by atoms with E-state index in [1.807, 2.05) is 14.0 Å². The maximum atomic E-state index is 11.7. The lowest BCUT2D eigenvalue weighted by Crippen LogP contribution is -2.15. The number of rotatable bonds is 7. The van der Waals surface area contributed by atoms with Gasteiger partial charge >= 0.3 is 5.97 Å². The van der Waals surface area contributed by atoms with Gasteiger partial charge < -0.3 is 10.5 Å². The molecule has 0 bridgehead atoms. The predicted octanol–water partition coefficient (Wildman–Crippen LogP) is 1.57. The van der Waals surface area contributed by atoms with Crippen LogP contribution in [0.25, 0.3) is 0 Å². The van der Waals surface area contributed by atoms with Crippen molar-refractivity contribution in [3.8, 4) is 0 Å². The summed E-state index contributed by atoms with van der Waals surface area (Å²) in [5, 5.41) is 4.11. The molecule has 1 aromatic heterocycles. The Morgan fingerprint density at radius 1 is 1.67 bits per heavy atom. The number of hydrogen-bond acceptors (Lipinski definition) is 5. The molecule has 0 aliphatic rings. The quantitative estimate of drug-likeness (QED) is 0.602. The molecule has 0 radical (unpaired) electrons. The Kier molecular flexibility index (Phi) is 6.21. The van der Waals surface area contributed by atoms with Gasteiger partial charge in [-0.15, -0.1) is 0 Å². The zero-order valence-corrected chi connectivity index (χ0v) is 12.0. The molecule has 0 aliphatic carbocycles. The third kappa shape index (κ3) is 4.34. The Balaban J connectivity index is 2.58. The second-order valence-corrected chi connectivity index (χ2v) is 5.27. The maximum absolute atomic E-state index is 11.7. The van der Waals surface area contributed by atoms with Crippen LogP contribution in [0.2, 0.25) is 0 Å². The van der Waals surface area contributed by atoms with E-state index in [4.69, 9.17) is 10.5 Å². The van der Waals surface area contributed by atoms with Gasteiger partial charge in [0.15, 0.2) is 0 Å². The van der Waals surface area contributed by atoms with E-state index >= 15 is 0 Å². The molecule has 1 rings (SSSR count). The van der Waals surface area contributed by atoms with Crippen LogP contribution in [0.4, 0.5) is 0 Å². The smallest absolute Gasteiger partial charge is 0.341 e. The van der Waals surface area contributed by atoms with E-state index < -0.39 is 0 Å². The van der Waals surface area contributed by atoms with Gasteiger partial charge in [-0.05, 0) is 26.0 Å². The summed E-state index contributed by atoms with van der Waals surface area (Å²) in [5.41, 5.74) is 7.16. The lowest BCUT2D eigenvalue weighted by atomic mass is 10.3. The van der Waals surface area contributed by atoms with Gasteiger partial charge in [-0.25, -0.2) is 4.79 Å². The zero-order valence-electron chi connectivity index (χ0n) is 11.2. The third-order valence-corrected chi connectivity index (χ3v) is 3.52. The molecule has 0 saturated carbocycles. The van der Waals surface area contributed by atoms with Crippen LogP contribution in [0.15, 0.2) is 6.20 Å². The molecular weight excluding hydrogens is 250 g/mol. The van der Waals surface area contributed by atoms with Crippen LogP contribution in [0.5, 0.6) is 0 Å². The van der Waals surface area contributed by atoms with Crippen molar-refractivity contribution >= 4 is 17.7 Å². The molecule has 1 aromatic rings. The summed E-state index contributed by atoms with van der Waals surface area (Å²) >= 11 is 1.75. The van der Waals surface area contributed by atoms with Crippen molar-refractivity contribution in [2.24, 2.45) is 12.8 Å². The SMILES string of the molecule is CCOC(=O)c1cnn(C)c1CSCCC(C)N. The number of ether oxygens (including phenoxy) is 1. The average Bonchev–Trinajstić information content (AvgIpc) is 2.66. The molecule has 6 heteroatoms. The van der Waals surface area contributed by atoms with Crippen molar-refractivity contribution in [2.45, 2.75) is 32.1 Å². The van der Waals surface area contributed by atoms with Crippen LogP contribution in [0, 0.1) is 0 Å². The molecule has 0 amide bonds. The van der Waals surface area contributed by atoms with E-state index in [1.54, 1.807) is 29.6 Å². The van der Waals surface area contributed by atoms with E-state index in [9.17, 15) is 4.79 Å². The summed E-state index contributed by atoms with van der Waals surface area (Å²) < 4.78 is 6.73. The van der Waals surface area contributed by atoms with Gasteiger partial charge in [0, 0.05) is 18.8 Å². The van der Waals surface area contributed by atoms with E-state index in [0.29, 0.717) is 12.2 Å². The Morgan fingerprint density at radius 2 is 2.39 bits per heavy atom. The van der Waals surface area contributed by atoms with E-state index in [2.05, 4.69) is 5.10 Å². The van der Waals surface area contributed by atoms with Gasteiger partial charge in [-0.3, -0.25) is 4.68 Å². The maximum Gasteiger partial charge on any atom is 0.341 e. The van der Waals surface area contributed by atoms with Crippen molar-refractivity contribution < 1.29 is 9.53 Å². The Morgan fingerprint density at radius 3 is 3.00 bits per heavy atom. The Bertz CT molecular complexity index is 391. The van der Waals surface area contributed by atoms with Gasteiger partial charge in [0.25, 0.3) is 0 Å². The number of carbonyl (C=O) groups is 1. The predicted molar refractivity (Wildman–Crippen MR) is 73.6 cm³/mol. The van der Waals surface area contributed by atoms with Gasteiger partial charge in [-0.2, -0.15) is 16.9 Å². The van der Waals surface area contributed by atoms with Gasteiger partial charge in [-0.1, -0.05) is 0 Å². The lowest BCUT2D eigenvalue weighted by Gasteiger charge is -2.07. The summed E-state index contributed by atoms with van der Waals surface area (Å²) in [7, 11) is 1.84. The van der Waals surface area contributed by atoms with E-state index in [0.717, 1.165) is 23.6 Å². The van der Waals surface area contributed by atoms with Crippen LogP contribution in [0.3, 0.4) is 0 Å². The summed E-state index contributed by atoms with van der Waals surface area (Å²) in [5.74, 6) is 1.43. The average molecular weight is 271 g/mol. The van der Waals surface area contributed by atoms with Crippen LogP contribution in [0.1, 0.15) is 36.3 Å². The van der Waals surface area contributed by atoms with Crippen molar-refractivity contribution in [1.82, 2.24) is 9.78 Å². The molecule has 1 unspecified atom stereocenters. The lowest BCUT2D eigenvalue weighted by molar-refractivity contribution is 0.0525. The summed E-state index contributed by atoms with van der Waals surface area (Å²) in [4.78, 5) is 11.7. The monoisotopic (exact) mass is 271 g/mol. The first kappa shape index (κ1) is 15.0. The minimum Gasteiger partial charge on any atom is -0.462 e. The summed E-state index contributed by atoms with van der Waals surface area (Å²) in [6.07, 6.45) is 2.54. The number of nitrogens with zero attached hydrogens (tertiary/aromatic N) is 2. The van der Waals surface area contributed by atoms with Gasteiger partial charge in [0.2, 0.25) is 0 Å². The molecule has 102 valence electrons. The summed E-state index contributed by atoms with van der Waals surface area (Å²) in [6.45, 7) is 4.17. The van der Waals surface area contributed by atoms with Crippen LogP contribution in [-0.4, -0.2) is 34.2 Å². The largest absolute Gasteiger partial charge is 0.462 e. The highest BCUT2D eigenvalue weighted by Crippen LogP contribution is 2.17. The first-order valence-corrected chi connectivity index (χ1v) is 7.23. The number of aromatic nitrogens is 2. The molecule has 0 aliphatic heterocycles. The molecule has 18 heavy (non-hydrogen) atoms. The molecule has 0 fully saturated rings. The molecule has 1 heterocycles. The highest BCUT2D eigenvalue weighted by atomic mass is 32.2. The molecule has 0 aromatic carbocycles. The Hall–Kier alpha value is -1.01. The number of aryl methyl sites for hydroxylation is 1. The molecule has 0 saturated heterocycles. The second-order valence-electron chi connectivity index (χ2n) is 4.17. The number of nitrogens with two attached hydrogens (primary N) is 1. The number of esters is 1. The fourth-order valence-electron chi connectivity index (χ4n) is 1.45. The van der Waals surface area contributed by atoms with Crippen molar-refractivity contribution in [2.75, 3.05) is 12.4 Å². The van der Waals surface area contributed by atoms with Crippen LogP contribution < -0.4 is 5.73 Å². The molecule has 2 N–H and O–H groups in total. The van der Waals surface area contributed by atoms with Gasteiger partial charge in [0.05, 0.1) is 18.5 Å². The van der Waals surface area contributed by atoms with Crippen molar-refractivity contribution in [3.63, 3.8) is 0 Å². The highest BCUT2D eigenvalue weighted by molar-refractivity contribution is 7.98. The third-order valence-electron chi connectivity index (χ3n) is 2.51. The van der Waals surface area contributed by atoms with Crippen LogP contribution >= 0.6 is 11.8 Å². The standard InChI is InChI=1S/C12H21N3O2S/c1-4-17-12(16)10-7-14-15(3)11(10)8-18-6-5-9(2)13/h7,9H,4-6,8,13H2,1-3H3. The number of carbonyl (C=O) groups excluding carboxylic acids is 1. The minimum absolute atomic E-state index is 0.216. The molecular formula is C12H21N3O2S. The molecule has 5 nitrogen and oxygen atoms in total. The van der Waals surface area contributed by atoms with Gasteiger partial charge in [0.1, 0.15) is 5.56 Å².